The van der Waals surface area contributed by atoms with Gasteiger partial charge in [0.2, 0.25) is 11.8 Å². The third-order valence-corrected chi connectivity index (χ3v) is 8.56. The molecule has 0 bridgehead atoms. The standard InChI is InChI=1S/C32H44N6O6S/c1-21(2)19-38(45(43,44)37-32(3,4)5)20-28(39)26(17-22-11-7-6-8-12-22)35-29(40)18-27(30(33)41)36-31(42)25-16-15-23-13-9-10-14-24(23)34-25/h6-16,21,26-28,37,39H,17-20H2,1-5H3,(H2,33,41)(H,35,40)(H,36,42)/t26?,27-,28+/m0/s1. The number of aliphatic hydroxyl groups excluding tert-OH is 1. The van der Waals surface area contributed by atoms with E-state index in [4.69, 9.17) is 5.73 Å². The first kappa shape index (κ1) is 35.6. The number of primary amides is 1. The predicted molar refractivity (Wildman–Crippen MR) is 173 cm³/mol. The first-order chi connectivity index (χ1) is 21.0. The van der Waals surface area contributed by atoms with Gasteiger partial charge in [-0.15, -0.1) is 0 Å². The molecular formula is C32H44N6O6S. The van der Waals surface area contributed by atoms with Crippen molar-refractivity contribution < 1.29 is 27.9 Å². The molecule has 0 saturated heterocycles. The molecule has 3 aromatic rings. The summed E-state index contributed by atoms with van der Waals surface area (Å²) in [6.45, 7) is 8.71. The van der Waals surface area contributed by atoms with Crippen molar-refractivity contribution in [1.82, 2.24) is 24.6 Å². The number of carbonyl (C=O) groups excluding carboxylic acids is 3. The molecule has 244 valence electrons. The van der Waals surface area contributed by atoms with Gasteiger partial charge in [0.1, 0.15) is 11.7 Å². The average Bonchev–Trinajstić information content (AvgIpc) is 2.94. The molecular weight excluding hydrogens is 596 g/mol. The summed E-state index contributed by atoms with van der Waals surface area (Å²) in [5.74, 6) is -2.33. The summed E-state index contributed by atoms with van der Waals surface area (Å²) in [4.78, 5) is 42.8. The SMILES string of the molecule is CC(C)CN(C[C@@H](O)C(Cc1ccccc1)NC(=O)C[C@H](NC(=O)c1ccc2ccccc2n1)C(N)=O)S(=O)(=O)NC(C)(C)C. The summed E-state index contributed by atoms with van der Waals surface area (Å²) in [5.41, 5.74) is 6.21. The van der Waals surface area contributed by atoms with Gasteiger partial charge in [0.15, 0.2) is 0 Å². The van der Waals surface area contributed by atoms with Gasteiger partial charge in [-0.3, -0.25) is 14.4 Å². The summed E-state index contributed by atoms with van der Waals surface area (Å²) in [5, 5.41) is 17.4. The minimum Gasteiger partial charge on any atom is -0.390 e. The number of nitrogens with one attached hydrogen (secondary N) is 3. The maximum atomic E-state index is 13.3. The minimum atomic E-state index is -3.99. The number of nitrogens with two attached hydrogens (primary N) is 1. The molecule has 0 saturated carbocycles. The Morgan fingerprint density at radius 2 is 1.58 bits per heavy atom. The van der Waals surface area contributed by atoms with Crippen LogP contribution in [0.25, 0.3) is 10.9 Å². The van der Waals surface area contributed by atoms with Gasteiger partial charge in [0.05, 0.1) is 24.1 Å². The van der Waals surface area contributed by atoms with Gasteiger partial charge in [-0.1, -0.05) is 68.4 Å². The van der Waals surface area contributed by atoms with Crippen LogP contribution in [0.4, 0.5) is 0 Å². The first-order valence-corrected chi connectivity index (χ1v) is 16.2. The van der Waals surface area contributed by atoms with E-state index in [0.717, 1.165) is 10.9 Å². The zero-order valence-corrected chi connectivity index (χ0v) is 27.2. The Morgan fingerprint density at radius 3 is 2.20 bits per heavy atom. The number of para-hydroxylation sites is 1. The lowest BCUT2D eigenvalue weighted by Crippen LogP contribution is -2.56. The van der Waals surface area contributed by atoms with Gasteiger partial charge < -0.3 is 21.5 Å². The molecule has 0 radical (unpaired) electrons. The number of amides is 3. The first-order valence-electron chi connectivity index (χ1n) is 14.8. The summed E-state index contributed by atoms with van der Waals surface area (Å²) in [6, 6.07) is 17.2. The molecule has 13 heteroatoms. The number of carbonyl (C=O) groups is 3. The molecule has 6 N–H and O–H groups in total. The Balaban J connectivity index is 1.78. The molecule has 0 aliphatic rings. The molecule has 3 rings (SSSR count). The Hall–Kier alpha value is -3.91. The predicted octanol–water partition coefficient (Wildman–Crippen LogP) is 1.89. The van der Waals surface area contributed by atoms with Crippen LogP contribution in [-0.2, 0) is 26.2 Å². The zero-order valence-electron chi connectivity index (χ0n) is 26.4. The Morgan fingerprint density at radius 1 is 0.933 bits per heavy atom. The van der Waals surface area contributed by atoms with Crippen LogP contribution in [0.15, 0.2) is 66.7 Å². The van der Waals surface area contributed by atoms with Crippen molar-refractivity contribution in [3.05, 3.63) is 78.0 Å². The Kier molecular flexibility index (Phi) is 12.2. The van der Waals surface area contributed by atoms with Crippen molar-refractivity contribution in [3.63, 3.8) is 0 Å². The highest BCUT2D eigenvalue weighted by molar-refractivity contribution is 7.87. The number of benzene rings is 2. The van der Waals surface area contributed by atoms with Gasteiger partial charge >= 0.3 is 0 Å². The van der Waals surface area contributed by atoms with E-state index in [1.807, 2.05) is 56.3 Å². The number of aliphatic hydroxyl groups is 1. The topological polar surface area (TPSA) is 184 Å². The van der Waals surface area contributed by atoms with Gasteiger partial charge in [-0.05, 0) is 50.8 Å². The van der Waals surface area contributed by atoms with E-state index in [0.29, 0.717) is 5.52 Å². The van der Waals surface area contributed by atoms with E-state index in [-0.39, 0.29) is 31.1 Å². The highest BCUT2D eigenvalue weighted by atomic mass is 32.2. The number of hydrogen-bond acceptors (Lipinski definition) is 7. The van der Waals surface area contributed by atoms with Crippen molar-refractivity contribution in [2.24, 2.45) is 11.7 Å². The van der Waals surface area contributed by atoms with E-state index < -0.39 is 58.1 Å². The molecule has 2 aromatic carbocycles. The molecule has 0 fully saturated rings. The number of fused-ring (bicyclic) bond motifs is 1. The number of hydrogen-bond donors (Lipinski definition) is 5. The fourth-order valence-electron chi connectivity index (χ4n) is 4.72. The second-order valence-corrected chi connectivity index (χ2v) is 14.2. The Bertz CT molecular complexity index is 1580. The van der Waals surface area contributed by atoms with Gasteiger partial charge in [-0.25, -0.2) is 4.98 Å². The average molecular weight is 641 g/mol. The Labute approximate surface area is 265 Å². The molecule has 12 nitrogen and oxygen atoms in total. The highest BCUT2D eigenvalue weighted by Gasteiger charge is 2.33. The molecule has 45 heavy (non-hydrogen) atoms. The second kappa shape index (κ2) is 15.4. The van der Waals surface area contributed by atoms with Crippen LogP contribution in [0.1, 0.15) is 57.1 Å². The number of nitrogens with zero attached hydrogens (tertiary/aromatic N) is 2. The lowest BCUT2D eigenvalue weighted by atomic mass is 10.00. The van der Waals surface area contributed by atoms with E-state index in [1.165, 1.54) is 10.4 Å². The van der Waals surface area contributed by atoms with Gasteiger partial charge in [0, 0.05) is 24.0 Å². The van der Waals surface area contributed by atoms with Gasteiger partial charge in [0.25, 0.3) is 16.1 Å². The van der Waals surface area contributed by atoms with E-state index in [2.05, 4.69) is 20.3 Å². The number of rotatable bonds is 15. The number of pyridine rings is 1. The molecule has 0 aliphatic carbocycles. The minimum absolute atomic E-state index is 0.0482. The van der Waals surface area contributed by atoms with Crippen molar-refractivity contribution in [2.45, 2.75) is 71.2 Å². The fourth-order valence-corrected chi connectivity index (χ4v) is 6.46. The summed E-state index contributed by atoms with van der Waals surface area (Å²) in [7, 11) is -3.99. The maximum Gasteiger partial charge on any atom is 0.280 e. The highest BCUT2D eigenvalue weighted by Crippen LogP contribution is 2.15. The zero-order chi connectivity index (χ0) is 33.4. The smallest absolute Gasteiger partial charge is 0.280 e. The van der Waals surface area contributed by atoms with E-state index in [9.17, 15) is 27.9 Å². The van der Waals surface area contributed by atoms with Crippen LogP contribution in [0.5, 0.6) is 0 Å². The van der Waals surface area contributed by atoms with Crippen molar-refractivity contribution in [3.8, 4) is 0 Å². The van der Waals surface area contributed by atoms with Crippen molar-refractivity contribution in [2.75, 3.05) is 13.1 Å². The van der Waals surface area contributed by atoms with Crippen LogP contribution >= 0.6 is 0 Å². The molecule has 3 amide bonds. The monoisotopic (exact) mass is 640 g/mol. The van der Waals surface area contributed by atoms with Crippen molar-refractivity contribution in [1.29, 1.82) is 0 Å². The van der Waals surface area contributed by atoms with Crippen molar-refractivity contribution >= 4 is 38.8 Å². The maximum absolute atomic E-state index is 13.3. The second-order valence-electron chi connectivity index (χ2n) is 12.5. The molecule has 0 spiro atoms. The summed E-state index contributed by atoms with van der Waals surface area (Å²) in [6.07, 6.45) is -1.66. The lowest BCUT2D eigenvalue weighted by molar-refractivity contribution is -0.127. The van der Waals surface area contributed by atoms with Crippen LogP contribution in [0.3, 0.4) is 0 Å². The van der Waals surface area contributed by atoms with Gasteiger partial charge in [-0.2, -0.15) is 17.4 Å². The van der Waals surface area contributed by atoms with Crippen LogP contribution < -0.4 is 21.1 Å². The lowest BCUT2D eigenvalue weighted by Gasteiger charge is -2.33. The van der Waals surface area contributed by atoms with Crippen LogP contribution in [-0.4, -0.2) is 77.4 Å². The third kappa shape index (κ3) is 11.2. The quantitative estimate of drug-likeness (QED) is 0.168. The largest absolute Gasteiger partial charge is 0.390 e. The summed E-state index contributed by atoms with van der Waals surface area (Å²) < 4.78 is 30.3. The van der Waals surface area contributed by atoms with Crippen LogP contribution in [0.2, 0.25) is 0 Å². The van der Waals surface area contributed by atoms with E-state index >= 15 is 0 Å². The molecule has 1 aromatic heterocycles. The van der Waals surface area contributed by atoms with Crippen LogP contribution in [0, 0.1) is 5.92 Å². The van der Waals surface area contributed by atoms with E-state index in [1.54, 1.807) is 39.0 Å². The molecule has 1 unspecified atom stereocenters. The normalized spacial score (nSPS) is 14.2. The fraction of sp³-hybridized carbons (Fsp3) is 0.438. The molecule has 0 aliphatic heterocycles. The number of aromatic nitrogens is 1. The molecule has 3 atom stereocenters. The summed E-state index contributed by atoms with van der Waals surface area (Å²) >= 11 is 0. The molecule has 1 heterocycles. The third-order valence-electron chi connectivity index (χ3n) is 6.71.